The van der Waals surface area contributed by atoms with Crippen molar-refractivity contribution in [3.8, 4) is 0 Å². The Labute approximate surface area is 126 Å². The largest absolute Gasteiger partial charge is 0.550 e. The van der Waals surface area contributed by atoms with Gasteiger partial charge in [-0.15, -0.1) is 0 Å². The van der Waals surface area contributed by atoms with Crippen molar-refractivity contribution in [3.05, 3.63) is 0 Å². The molecule has 120 valence electrons. The minimum absolute atomic E-state index is 0.118. The lowest BCUT2D eigenvalue weighted by atomic mass is 9.49. The van der Waals surface area contributed by atoms with E-state index >= 15 is 0 Å². The van der Waals surface area contributed by atoms with Gasteiger partial charge in [-0.05, 0) is 63.7 Å². The number of likely N-dealkylation sites (tertiary alicyclic amines) is 1. The lowest BCUT2D eigenvalue weighted by molar-refractivity contribution is -0.310. The average Bonchev–Trinajstić information content (AvgIpc) is 2.24. The van der Waals surface area contributed by atoms with Crippen LogP contribution in [-0.2, 0) is 9.53 Å². The van der Waals surface area contributed by atoms with Crippen molar-refractivity contribution in [1.29, 1.82) is 0 Å². The Morgan fingerprint density at radius 2 is 1.71 bits per heavy atom. The summed E-state index contributed by atoms with van der Waals surface area (Å²) in [6.45, 7) is 9.04. The minimum Gasteiger partial charge on any atom is -0.550 e. The maximum absolute atomic E-state index is 12.0. The van der Waals surface area contributed by atoms with Gasteiger partial charge < -0.3 is 19.5 Å². The highest BCUT2D eigenvalue weighted by Crippen LogP contribution is 2.60. The first-order valence-electron chi connectivity index (χ1n) is 7.71. The van der Waals surface area contributed by atoms with Crippen LogP contribution in [0.4, 0.5) is 4.79 Å². The Morgan fingerprint density at radius 1 is 1.19 bits per heavy atom. The van der Waals surface area contributed by atoms with Crippen molar-refractivity contribution in [2.24, 2.45) is 10.8 Å². The predicted octanol–water partition coefficient (Wildman–Crippen LogP) is 1.94. The first-order chi connectivity index (χ1) is 9.53. The molecule has 1 amide bonds. The van der Waals surface area contributed by atoms with Crippen molar-refractivity contribution < 1.29 is 19.4 Å². The zero-order chi connectivity index (χ0) is 15.9. The summed E-state index contributed by atoms with van der Waals surface area (Å²) < 4.78 is 5.39. The third-order valence-corrected chi connectivity index (χ3v) is 4.65. The average molecular weight is 296 g/mol. The van der Waals surface area contributed by atoms with E-state index in [1.54, 1.807) is 4.90 Å². The molecule has 0 aromatic heterocycles. The molecule has 0 N–H and O–H groups in total. The number of carbonyl (C=O) groups excluding carboxylic acids is 2. The van der Waals surface area contributed by atoms with Gasteiger partial charge in [-0.2, -0.15) is 0 Å². The molecule has 2 fully saturated rings. The lowest BCUT2D eigenvalue weighted by Gasteiger charge is -2.58. The van der Waals surface area contributed by atoms with Gasteiger partial charge in [0.1, 0.15) is 5.60 Å². The molecular formula is C16H26NO4-. The number of aliphatic carboxylic acids is 1. The highest BCUT2D eigenvalue weighted by Gasteiger charge is 2.52. The summed E-state index contributed by atoms with van der Waals surface area (Å²) >= 11 is 0. The van der Waals surface area contributed by atoms with Gasteiger partial charge in [-0.25, -0.2) is 4.79 Å². The molecule has 1 saturated heterocycles. The third kappa shape index (κ3) is 3.89. The summed E-state index contributed by atoms with van der Waals surface area (Å²) in [5.41, 5.74) is -0.356. The van der Waals surface area contributed by atoms with Gasteiger partial charge in [-0.1, -0.05) is 6.92 Å². The molecule has 0 radical (unpaired) electrons. The number of hydrogen-bond acceptors (Lipinski definition) is 4. The van der Waals surface area contributed by atoms with Crippen LogP contribution in [0.5, 0.6) is 0 Å². The number of piperidine rings is 1. The third-order valence-electron chi connectivity index (χ3n) is 4.65. The molecule has 0 unspecified atom stereocenters. The Bertz CT molecular complexity index is 422. The van der Waals surface area contributed by atoms with Crippen molar-refractivity contribution in [2.45, 2.75) is 65.4 Å². The zero-order valence-corrected chi connectivity index (χ0v) is 13.5. The molecule has 0 atom stereocenters. The highest BCUT2D eigenvalue weighted by molar-refractivity contribution is 5.68. The number of nitrogens with zero attached hydrogens (tertiary/aromatic N) is 1. The van der Waals surface area contributed by atoms with Gasteiger partial charge in [-0.3, -0.25) is 0 Å². The molecule has 0 aromatic carbocycles. The van der Waals surface area contributed by atoms with Crippen LogP contribution in [0.25, 0.3) is 0 Å². The van der Waals surface area contributed by atoms with E-state index in [0.29, 0.717) is 13.1 Å². The number of amides is 1. The summed E-state index contributed by atoms with van der Waals surface area (Å²) in [5, 5.41) is 10.8. The molecule has 1 spiro atoms. The van der Waals surface area contributed by atoms with Gasteiger partial charge in [0.2, 0.25) is 0 Å². The SMILES string of the molecule is CC1(CC(=O)[O-])CC2(CCN(C(=O)OC(C)(C)C)CC2)C1. The normalized spacial score (nSPS) is 23.5. The van der Waals surface area contributed by atoms with Crippen LogP contribution >= 0.6 is 0 Å². The number of carboxylic acids is 1. The summed E-state index contributed by atoms with van der Waals surface area (Å²) in [4.78, 5) is 24.6. The monoisotopic (exact) mass is 296 g/mol. The quantitative estimate of drug-likeness (QED) is 0.781. The Hall–Kier alpha value is -1.26. The maximum atomic E-state index is 12.0. The molecule has 2 rings (SSSR count). The van der Waals surface area contributed by atoms with Crippen LogP contribution in [0.15, 0.2) is 0 Å². The molecule has 0 aromatic rings. The second-order valence-electron chi connectivity index (χ2n) is 8.18. The van der Waals surface area contributed by atoms with E-state index in [2.05, 4.69) is 0 Å². The highest BCUT2D eigenvalue weighted by atomic mass is 16.6. The van der Waals surface area contributed by atoms with E-state index in [-0.39, 0.29) is 23.3 Å². The fourth-order valence-corrected chi connectivity index (χ4v) is 4.08. The number of ether oxygens (including phenoxy) is 1. The van der Waals surface area contributed by atoms with E-state index in [1.807, 2.05) is 27.7 Å². The Morgan fingerprint density at radius 3 is 2.14 bits per heavy atom. The van der Waals surface area contributed by atoms with Crippen molar-refractivity contribution in [2.75, 3.05) is 13.1 Å². The topological polar surface area (TPSA) is 69.7 Å². The van der Waals surface area contributed by atoms with Crippen LogP contribution < -0.4 is 5.11 Å². The van der Waals surface area contributed by atoms with Crippen molar-refractivity contribution >= 4 is 12.1 Å². The summed E-state index contributed by atoms with van der Waals surface area (Å²) in [7, 11) is 0. The van der Waals surface area contributed by atoms with E-state index in [9.17, 15) is 14.7 Å². The summed E-state index contributed by atoms with van der Waals surface area (Å²) in [6.07, 6.45) is 3.63. The smallest absolute Gasteiger partial charge is 0.410 e. The second kappa shape index (κ2) is 5.18. The molecule has 1 saturated carbocycles. The first-order valence-corrected chi connectivity index (χ1v) is 7.71. The number of carboxylic acid groups (broad SMARTS) is 1. The first kappa shape index (κ1) is 16.1. The van der Waals surface area contributed by atoms with Gasteiger partial charge in [0, 0.05) is 19.1 Å². The fraction of sp³-hybridized carbons (Fsp3) is 0.875. The lowest BCUT2D eigenvalue weighted by Crippen LogP contribution is -2.54. The van der Waals surface area contributed by atoms with E-state index in [4.69, 9.17) is 4.74 Å². The molecule has 0 bridgehead atoms. The number of rotatable bonds is 2. The molecule has 21 heavy (non-hydrogen) atoms. The second-order valence-corrected chi connectivity index (χ2v) is 8.18. The standard InChI is InChI=1S/C16H27NO4/c1-14(2,3)21-13(20)17-7-5-16(6-8-17)10-15(4,11-16)9-12(18)19/h5-11H2,1-4H3,(H,18,19)/p-1. The molecule has 1 aliphatic carbocycles. The molecule has 2 aliphatic rings. The van der Waals surface area contributed by atoms with Gasteiger partial charge in [0.15, 0.2) is 0 Å². The van der Waals surface area contributed by atoms with Crippen LogP contribution in [0.3, 0.4) is 0 Å². The van der Waals surface area contributed by atoms with Crippen LogP contribution in [0, 0.1) is 10.8 Å². The van der Waals surface area contributed by atoms with Crippen LogP contribution in [0.1, 0.15) is 59.8 Å². The number of carbonyl (C=O) groups is 2. The van der Waals surface area contributed by atoms with Crippen molar-refractivity contribution in [1.82, 2.24) is 4.90 Å². The Balaban J connectivity index is 1.82. The van der Waals surface area contributed by atoms with E-state index in [0.717, 1.165) is 25.7 Å². The maximum Gasteiger partial charge on any atom is 0.410 e. The minimum atomic E-state index is -0.960. The summed E-state index contributed by atoms with van der Waals surface area (Å²) in [6, 6.07) is 0. The van der Waals surface area contributed by atoms with Crippen LogP contribution in [-0.4, -0.2) is 35.7 Å². The van der Waals surface area contributed by atoms with Gasteiger partial charge in [0.25, 0.3) is 0 Å². The van der Waals surface area contributed by atoms with Gasteiger partial charge in [0.05, 0.1) is 0 Å². The van der Waals surface area contributed by atoms with E-state index < -0.39 is 11.6 Å². The molecule has 5 nitrogen and oxygen atoms in total. The molecule has 1 aliphatic heterocycles. The van der Waals surface area contributed by atoms with Crippen LogP contribution in [0.2, 0.25) is 0 Å². The van der Waals surface area contributed by atoms with Crippen molar-refractivity contribution in [3.63, 3.8) is 0 Å². The number of hydrogen-bond donors (Lipinski definition) is 0. The molecule has 1 heterocycles. The fourth-order valence-electron chi connectivity index (χ4n) is 4.08. The molecule has 5 heteroatoms. The Kier molecular flexibility index (Phi) is 3.98. The van der Waals surface area contributed by atoms with Gasteiger partial charge >= 0.3 is 6.09 Å². The molecular weight excluding hydrogens is 270 g/mol. The predicted molar refractivity (Wildman–Crippen MR) is 76.4 cm³/mol. The summed E-state index contributed by atoms with van der Waals surface area (Å²) in [5.74, 6) is -0.960. The van der Waals surface area contributed by atoms with E-state index in [1.165, 1.54) is 0 Å². The zero-order valence-electron chi connectivity index (χ0n) is 13.5.